The van der Waals surface area contributed by atoms with Crippen molar-refractivity contribution in [3.63, 3.8) is 0 Å². The molecule has 0 saturated carbocycles. The molecule has 1 aliphatic heterocycles. The lowest BCUT2D eigenvalue weighted by atomic mass is 9.98. The van der Waals surface area contributed by atoms with E-state index in [0.29, 0.717) is 22.1 Å². The lowest BCUT2D eigenvalue weighted by Gasteiger charge is -2.41. The number of methoxy groups -OCH3 is 1. The molecule has 1 aliphatic rings. The highest BCUT2D eigenvalue weighted by molar-refractivity contribution is 6.30. The Hall–Kier alpha value is -3.57. The van der Waals surface area contributed by atoms with Gasteiger partial charge in [0, 0.05) is 10.7 Å². The van der Waals surface area contributed by atoms with E-state index in [1.165, 1.54) is 4.90 Å². The van der Waals surface area contributed by atoms with Gasteiger partial charge >= 0.3 is 0 Å². The molecule has 1 atom stereocenters. The summed E-state index contributed by atoms with van der Waals surface area (Å²) in [6, 6.07) is 23.1. The molecule has 0 radical (unpaired) electrons. The monoisotopic (exact) mass is 446 g/mol. The summed E-state index contributed by atoms with van der Waals surface area (Å²) in [5.74, 6) is 0.148. The minimum absolute atomic E-state index is 0.0864. The Balaban J connectivity index is 1.81. The van der Waals surface area contributed by atoms with Crippen molar-refractivity contribution in [3.05, 3.63) is 95.0 Å². The lowest BCUT2D eigenvalue weighted by Crippen LogP contribution is -2.61. The fourth-order valence-corrected chi connectivity index (χ4v) is 4.06. The van der Waals surface area contributed by atoms with Crippen LogP contribution in [0.15, 0.2) is 84.4 Å². The van der Waals surface area contributed by atoms with Gasteiger partial charge in [0.15, 0.2) is 0 Å². The SMILES string of the molecule is COc1ccccc1N1CC(=O)N(c2ccc(Cl)cc2)[C@@H](/C(C)=C/c2ccccc2)C1=O. The van der Waals surface area contributed by atoms with Gasteiger partial charge in [-0.05, 0) is 54.5 Å². The van der Waals surface area contributed by atoms with E-state index in [2.05, 4.69) is 0 Å². The minimum atomic E-state index is -0.803. The molecule has 0 aromatic heterocycles. The molecule has 3 aromatic carbocycles. The molecule has 1 heterocycles. The highest BCUT2D eigenvalue weighted by Crippen LogP contribution is 2.34. The van der Waals surface area contributed by atoms with Crippen molar-refractivity contribution < 1.29 is 14.3 Å². The van der Waals surface area contributed by atoms with Crippen molar-refractivity contribution in [2.24, 2.45) is 0 Å². The summed E-state index contributed by atoms with van der Waals surface area (Å²) in [7, 11) is 1.55. The van der Waals surface area contributed by atoms with E-state index in [0.717, 1.165) is 11.1 Å². The van der Waals surface area contributed by atoms with E-state index >= 15 is 0 Å². The first kappa shape index (κ1) is 21.7. The molecule has 0 aliphatic carbocycles. The van der Waals surface area contributed by atoms with E-state index in [1.807, 2.05) is 55.5 Å². The third-order valence-corrected chi connectivity index (χ3v) is 5.68. The van der Waals surface area contributed by atoms with Gasteiger partial charge in [0.1, 0.15) is 18.3 Å². The first-order chi connectivity index (χ1) is 15.5. The normalized spacial score (nSPS) is 17.0. The maximum Gasteiger partial charge on any atom is 0.255 e. The first-order valence-electron chi connectivity index (χ1n) is 10.2. The average Bonchev–Trinajstić information content (AvgIpc) is 2.81. The van der Waals surface area contributed by atoms with E-state index in [9.17, 15) is 9.59 Å². The molecule has 0 bridgehead atoms. The number of rotatable bonds is 5. The topological polar surface area (TPSA) is 49.9 Å². The summed E-state index contributed by atoms with van der Waals surface area (Å²) in [4.78, 5) is 30.3. The van der Waals surface area contributed by atoms with Gasteiger partial charge in [-0.1, -0.05) is 60.1 Å². The van der Waals surface area contributed by atoms with Crippen LogP contribution >= 0.6 is 11.6 Å². The van der Waals surface area contributed by atoms with Gasteiger partial charge in [-0.15, -0.1) is 0 Å². The van der Waals surface area contributed by atoms with Gasteiger partial charge in [0.25, 0.3) is 5.91 Å². The number of carbonyl (C=O) groups is 2. The second-order valence-corrected chi connectivity index (χ2v) is 7.97. The number of hydrogen-bond donors (Lipinski definition) is 0. The Morgan fingerprint density at radius 1 is 0.969 bits per heavy atom. The molecule has 5 nitrogen and oxygen atoms in total. The summed E-state index contributed by atoms with van der Waals surface area (Å²) in [5, 5.41) is 0.563. The average molecular weight is 447 g/mol. The Kier molecular flexibility index (Phi) is 6.28. The second-order valence-electron chi connectivity index (χ2n) is 7.54. The molecule has 1 saturated heterocycles. The van der Waals surface area contributed by atoms with Crippen LogP contribution in [0.5, 0.6) is 5.75 Å². The van der Waals surface area contributed by atoms with Gasteiger partial charge < -0.3 is 4.74 Å². The number of piperazine rings is 1. The summed E-state index contributed by atoms with van der Waals surface area (Å²) in [5.41, 5.74) is 2.90. The van der Waals surface area contributed by atoms with Gasteiger partial charge in [-0.2, -0.15) is 0 Å². The van der Waals surface area contributed by atoms with Crippen LogP contribution in [0.4, 0.5) is 11.4 Å². The van der Waals surface area contributed by atoms with Crippen LogP contribution in [-0.2, 0) is 9.59 Å². The highest BCUT2D eigenvalue weighted by atomic mass is 35.5. The Morgan fingerprint density at radius 3 is 2.31 bits per heavy atom. The zero-order valence-corrected chi connectivity index (χ0v) is 18.6. The number of ether oxygens (including phenoxy) is 1. The smallest absolute Gasteiger partial charge is 0.255 e. The van der Waals surface area contributed by atoms with Gasteiger partial charge in [0.2, 0.25) is 5.91 Å². The quantitative estimate of drug-likeness (QED) is 0.541. The minimum Gasteiger partial charge on any atom is -0.495 e. The van der Waals surface area contributed by atoms with Crippen LogP contribution < -0.4 is 14.5 Å². The summed E-state index contributed by atoms with van der Waals surface area (Å²) >= 11 is 6.05. The molecule has 2 amide bonds. The third-order valence-electron chi connectivity index (χ3n) is 5.43. The number of nitrogens with zero attached hydrogens (tertiary/aromatic N) is 2. The molecular formula is C26H23ClN2O3. The molecule has 3 aromatic rings. The molecule has 4 rings (SSSR count). The molecule has 6 heteroatoms. The fraction of sp³-hybridized carbons (Fsp3) is 0.154. The van der Waals surface area contributed by atoms with Crippen LogP contribution in [0.25, 0.3) is 6.08 Å². The standard InChI is InChI=1S/C26H23ClN2O3/c1-18(16-19-8-4-3-5-9-19)25-26(31)28(22-10-6-7-11-23(22)32-2)17-24(30)29(25)21-14-12-20(27)13-15-21/h3-16,25H,17H2,1-2H3/b18-16+/t25-/m0/s1. The Morgan fingerprint density at radius 2 is 1.62 bits per heavy atom. The van der Waals surface area contributed by atoms with Crippen LogP contribution in [-0.4, -0.2) is 31.5 Å². The zero-order valence-electron chi connectivity index (χ0n) is 17.9. The molecule has 162 valence electrons. The summed E-state index contributed by atoms with van der Waals surface area (Å²) in [6.07, 6.45) is 1.94. The number of anilines is 2. The van der Waals surface area contributed by atoms with Crippen LogP contribution in [0, 0.1) is 0 Å². The number of amides is 2. The Labute approximate surface area is 192 Å². The van der Waals surface area contributed by atoms with Gasteiger partial charge in [0.05, 0.1) is 12.8 Å². The van der Waals surface area contributed by atoms with Crippen molar-refractivity contribution in [2.75, 3.05) is 23.5 Å². The molecule has 0 N–H and O–H groups in total. The fourth-order valence-electron chi connectivity index (χ4n) is 3.93. The predicted octanol–water partition coefficient (Wildman–Crippen LogP) is 5.20. The lowest BCUT2D eigenvalue weighted by molar-refractivity contribution is -0.127. The molecule has 32 heavy (non-hydrogen) atoms. The molecule has 0 spiro atoms. The van der Waals surface area contributed by atoms with Gasteiger partial charge in [-0.25, -0.2) is 0 Å². The van der Waals surface area contributed by atoms with Crippen molar-refractivity contribution in [3.8, 4) is 5.75 Å². The number of hydrogen-bond acceptors (Lipinski definition) is 3. The van der Waals surface area contributed by atoms with E-state index in [4.69, 9.17) is 16.3 Å². The van der Waals surface area contributed by atoms with Crippen molar-refractivity contribution >= 4 is 40.9 Å². The highest BCUT2D eigenvalue weighted by Gasteiger charge is 2.42. The van der Waals surface area contributed by atoms with Crippen molar-refractivity contribution in [1.29, 1.82) is 0 Å². The van der Waals surface area contributed by atoms with Crippen LogP contribution in [0.1, 0.15) is 12.5 Å². The van der Waals surface area contributed by atoms with Crippen molar-refractivity contribution in [1.82, 2.24) is 0 Å². The van der Waals surface area contributed by atoms with Crippen LogP contribution in [0.3, 0.4) is 0 Å². The first-order valence-corrected chi connectivity index (χ1v) is 10.6. The number of benzene rings is 3. The second kappa shape index (κ2) is 9.28. The van der Waals surface area contributed by atoms with E-state index in [1.54, 1.807) is 48.4 Å². The molecular weight excluding hydrogens is 424 g/mol. The number of para-hydroxylation sites is 2. The number of carbonyl (C=O) groups excluding carboxylic acids is 2. The predicted molar refractivity (Wildman–Crippen MR) is 128 cm³/mol. The Bertz CT molecular complexity index is 1160. The molecule has 0 unspecified atom stereocenters. The maximum atomic E-state index is 13.8. The van der Waals surface area contributed by atoms with Gasteiger partial charge in [-0.3, -0.25) is 19.4 Å². The molecule has 1 fully saturated rings. The van der Waals surface area contributed by atoms with E-state index in [-0.39, 0.29) is 18.4 Å². The maximum absolute atomic E-state index is 13.8. The van der Waals surface area contributed by atoms with Crippen molar-refractivity contribution in [2.45, 2.75) is 13.0 Å². The largest absolute Gasteiger partial charge is 0.495 e. The zero-order chi connectivity index (χ0) is 22.7. The van der Waals surface area contributed by atoms with E-state index < -0.39 is 6.04 Å². The van der Waals surface area contributed by atoms with Crippen LogP contribution in [0.2, 0.25) is 5.02 Å². The summed E-state index contributed by atoms with van der Waals surface area (Å²) in [6.45, 7) is 1.79. The number of halogens is 1. The summed E-state index contributed by atoms with van der Waals surface area (Å²) < 4.78 is 5.45. The third kappa shape index (κ3) is 4.25.